The lowest BCUT2D eigenvalue weighted by Crippen LogP contribution is -2.14. The zero-order valence-electron chi connectivity index (χ0n) is 16.4. The third-order valence-electron chi connectivity index (χ3n) is 4.77. The Morgan fingerprint density at radius 1 is 0.933 bits per heavy atom. The number of carbonyl (C=O) groups is 1. The van der Waals surface area contributed by atoms with Gasteiger partial charge in [0.15, 0.2) is 5.82 Å². The van der Waals surface area contributed by atoms with Crippen LogP contribution in [0.25, 0.3) is 17.1 Å². The number of rotatable bonds is 4. The summed E-state index contributed by atoms with van der Waals surface area (Å²) in [4.78, 5) is 17.4. The van der Waals surface area contributed by atoms with Crippen molar-refractivity contribution in [2.75, 3.05) is 5.32 Å². The van der Waals surface area contributed by atoms with E-state index in [1.165, 1.54) is 5.56 Å². The number of nitrogens with one attached hydrogen (secondary N) is 1. The second-order valence-electron chi connectivity index (χ2n) is 6.88. The van der Waals surface area contributed by atoms with Crippen LogP contribution < -0.4 is 5.32 Å². The molecule has 0 aliphatic carbocycles. The molecule has 7 heteroatoms. The SMILES string of the molecule is Cc1ccc(-n2nc(C(=O)Nc3ccccc3Cl)nc2-c2ccc(Cl)cc2)cc1C. The summed E-state index contributed by atoms with van der Waals surface area (Å²) in [5.74, 6) is 0.137. The molecule has 0 spiro atoms. The minimum Gasteiger partial charge on any atom is -0.318 e. The number of nitrogens with zero attached hydrogens (tertiary/aromatic N) is 3. The van der Waals surface area contributed by atoms with Gasteiger partial charge in [-0.15, -0.1) is 5.10 Å². The Hall–Kier alpha value is -3.15. The summed E-state index contributed by atoms with van der Waals surface area (Å²) in [5, 5.41) is 8.32. The van der Waals surface area contributed by atoms with Gasteiger partial charge in [-0.3, -0.25) is 4.79 Å². The van der Waals surface area contributed by atoms with Crippen molar-refractivity contribution < 1.29 is 4.79 Å². The van der Waals surface area contributed by atoms with Crippen molar-refractivity contribution in [2.24, 2.45) is 0 Å². The third-order valence-corrected chi connectivity index (χ3v) is 5.35. The first-order valence-electron chi connectivity index (χ1n) is 9.29. The van der Waals surface area contributed by atoms with E-state index in [0.717, 1.165) is 16.8 Å². The minimum absolute atomic E-state index is 0.0399. The highest BCUT2D eigenvalue weighted by Gasteiger charge is 2.20. The fourth-order valence-electron chi connectivity index (χ4n) is 2.97. The first-order valence-corrected chi connectivity index (χ1v) is 10.0. The topological polar surface area (TPSA) is 59.8 Å². The zero-order chi connectivity index (χ0) is 21.3. The van der Waals surface area contributed by atoms with Crippen LogP contribution >= 0.6 is 23.2 Å². The monoisotopic (exact) mass is 436 g/mol. The first-order chi connectivity index (χ1) is 14.4. The van der Waals surface area contributed by atoms with E-state index in [0.29, 0.717) is 21.6 Å². The molecule has 0 saturated carbocycles. The highest BCUT2D eigenvalue weighted by atomic mass is 35.5. The predicted octanol–water partition coefficient (Wildman–Crippen LogP) is 6.11. The van der Waals surface area contributed by atoms with Gasteiger partial charge in [0.05, 0.1) is 16.4 Å². The number of amides is 1. The quantitative estimate of drug-likeness (QED) is 0.419. The lowest BCUT2D eigenvalue weighted by molar-refractivity contribution is 0.101. The van der Waals surface area contributed by atoms with Gasteiger partial charge < -0.3 is 5.32 Å². The highest BCUT2D eigenvalue weighted by Crippen LogP contribution is 2.25. The van der Waals surface area contributed by atoms with Crippen LogP contribution in [0.15, 0.2) is 66.7 Å². The number of aryl methyl sites for hydroxylation is 2. The van der Waals surface area contributed by atoms with Crippen LogP contribution in [-0.4, -0.2) is 20.7 Å². The Morgan fingerprint density at radius 3 is 2.37 bits per heavy atom. The van der Waals surface area contributed by atoms with Gasteiger partial charge in [0.1, 0.15) is 0 Å². The molecule has 4 rings (SSSR count). The zero-order valence-corrected chi connectivity index (χ0v) is 17.9. The van der Waals surface area contributed by atoms with Crippen molar-refractivity contribution >= 4 is 34.8 Å². The number of hydrogen-bond donors (Lipinski definition) is 1. The summed E-state index contributed by atoms with van der Waals surface area (Å²) in [7, 11) is 0. The van der Waals surface area contributed by atoms with Crippen molar-refractivity contribution in [3.63, 3.8) is 0 Å². The van der Waals surface area contributed by atoms with Gasteiger partial charge in [-0.05, 0) is 73.5 Å². The van der Waals surface area contributed by atoms with Crippen molar-refractivity contribution in [2.45, 2.75) is 13.8 Å². The number of benzene rings is 3. The molecule has 3 aromatic carbocycles. The maximum Gasteiger partial charge on any atom is 0.295 e. The molecule has 0 radical (unpaired) electrons. The van der Waals surface area contributed by atoms with Crippen LogP contribution in [0.5, 0.6) is 0 Å². The smallest absolute Gasteiger partial charge is 0.295 e. The molecule has 4 aromatic rings. The lowest BCUT2D eigenvalue weighted by atomic mass is 10.1. The van der Waals surface area contributed by atoms with E-state index < -0.39 is 5.91 Å². The summed E-state index contributed by atoms with van der Waals surface area (Å²) in [6.45, 7) is 4.08. The lowest BCUT2D eigenvalue weighted by Gasteiger charge is -2.08. The predicted molar refractivity (Wildman–Crippen MR) is 121 cm³/mol. The molecule has 0 unspecified atom stereocenters. The third kappa shape index (κ3) is 4.08. The Bertz CT molecular complexity index is 1230. The van der Waals surface area contributed by atoms with E-state index >= 15 is 0 Å². The largest absolute Gasteiger partial charge is 0.318 e. The normalized spacial score (nSPS) is 10.8. The number of anilines is 1. The van der Waals surface area contributed by atoms with Gasteiger partial charge in [-0.25, -0.2) is 9.67 Å². The maximum absolute atomic E-state index is 12.8. The van der Waals surface area contributed by atoms with Gasteiger partial charge in [0, 0.05) is 10.6 Å². The number of para-hydroxylation sites is 1. The van der Waals surface area contributed by atoms with Gasteiger partial charge in [0.2, 0.25) is 5.82 Å². The van der Waals surface area contributed by atoms with Crippen LogP contribution in [0.2, 0.25) is 10.0 Å². The molecule has 0 aliphatic rings. The van der Waals surface area contributed by atoms with Crippen molar-refractivity contribution in [1.82, 2.24) is 14.8 Å². The molecular weight excluding hydrogens is 419 g/mol. The summed E-state index contributed by atoms with van der Waals surface area (Å²) in [5.41, 5.74) is 4.39. The standard InChI is InChI=1S/C23H18Cl2N4O/c1-14-7-12-18(13-15(14)2)29-22(16-8-10-17(24)11-9-16)27-21(28-29)23(30)26-20-6-4-3-5-19(20)25/h3-13H,1-2H3,(H,26,30). The van der Waals surface area contributed by atoms with Crippen LogP contribution in [0.1, 0.15) is 21.7 Å². The van der Waals surface area contributed by atoms with Gasteiger partial charge in [-0.2, -0.15) is 0 Å². The Balaban J connectivity index is 1.79. The van der Waals surface area contributed by atoms with Crippen LogP contribution in [-0.2, 0) is 0 Å². The fraction of sp³-hybridized carbons (Fsp3) is 0.0870. The first kappa shape index (κ1) is 20.1. The average molecular weight is 437 g/mol. The van der Waals surface area contributed by atoms with Crippen LogP contribution in [0.3, 0.4) is 0 Å². The van der Waals surface area contributed by atoms with Crippen molar-refractivity contribution in [3.8, 4) is 17.1 Å². The van der Waals surface area contributed by atoms with E-state index in [2.05, 4.69) is 15.4 Å². The molecule has 1 amide bonds. The van der Waals surface area contributed by atoms with E-state index in [-0.39, 0.29) is 5.82 Å². The minimum atomic E-state index is -0.444. The van der Waals surface area contributed by atoms with Crippen molar-refractivity contribution in [3.05, 3.63) is 93.7 Å². The van der Waals surface area contributed by atoms with Gasteiger partial charge in [-0.1, -0.05) is 41.4 Å². The molecule has 0 fully saturated rings. The number of hydrogen-bond acceptors (Lipinski definition) is 3. The molecule has 1 N–H and O–H groups in total. The molecule has 5 nitrogen and oxygen atoms in total. The van der Waals surface area contributed by atoms with E-state index in [9.17, 15) is 4.79 Å². The molecule has 0 bridgehead atoms. The summed E-state index contributed by atoms with van der Waals surface area (Å²) in [6, 6.07) is 20.2. The van der Waals surface area contributed by atoms with Gasteiger partial charge in [0.25, 0.3) is 5.91 Å². The summed E-state index contributed by atoms with van der Waals surface area (Å²) in [6.07, 6.45) is 0. The fourth-order valence-corrected chi connectivity index (χ4v) is 3.28. The Morgan fingerprint density at radius 2 is 1.67 bits per heavy atom. The second kappa shape index (κ2) is 8.30. The molecular formula is C23H18Cl2N4O. The van der Waals surface area contributed by atoms with E-state index in [4.69, 9.17) is 23.2 Å². The Kier molecular flexibility index (Phi) is 5.57. The summed E-state index contributed by atoms with van der Waals surface area (Å²) >= 11 is 12.2. The van der Waals surface area contributed by atoms with Crippen molar-refractivity contribution in [1.29, 1.82) is 0 Å². The molecule has 30 heavy (non-hydrogen) atoms. The molecule has 1 aromatic heterocycles. The van der Waals surface area contributed by atoms with Gasteiger partial charge >= 0.3 is 0 Å². The molecule has 0 aliphatic heterocycles. The average Bonchev–Trinajstić information content (AvgIpc) is 3.18. The number of carbonyl (C=O) groups excluding carboxylic acids is 1. The number of aromatic nitrogens is 3. The van der Waals surface area contributed by atoms with E-state index in [1.54, 1.807) is 41.1 Å². The summed E-state index contributed by atoms with van der Waals surface area (Å²) < 4.78 is 1.66. The molecule has 0 atom stereocenters. The van der Waals surface area contributed by atoms with Crippen LogP contribution in [0.4, 0.5) is 5.69 Å². The molecule has 1 heterocycles. The highest BCUT2D eigenvalue weighted by molar-refractivity contribution is 6.33. The Labute approximate surface area is 184 Å². The molecule has 150 valence electrons. The van der Waals surface area contributed by atoms with Crippen LogP contribution in [0, 0.1) is 13.8 Å². The number of halogens is 2. The second-order valence-corrected chi connectivity index (χ2v) is 7.72. The van der Waals surface area contributed by atoms with E-state index in [1.807, 2.05) is 44.2 Å². The maximum atomic E-state index is 12.8. The molecule has 0 saturated heterocycles.